The SMILES string of the molecule is COCCOCCCC(=O)C(CCCCNC(=O)[C@]1(C)CC/C=C/[C@H](OC(=O)N(C)CCN(C)C(=O)Oc2cc3c(c4c2C[C@@](C)(C(=O)OC)C4=O)[C@H](CCl)CN3C(=O)c2cc3cc(OC)c(OC)c(OC)c3[nH]2)CC1)NC(=O)CCOCCOCCOCCOCCNC(=O)CCN1C(=O)C=CC1=O. The van der Waals surface area contributed by atoms with Gasteiger partial charge in [-0.1, -0.05) is 13.0 Å². The Morgan fingerprint density at radius 1 is 0.695 bits per heavy atom. The van der Waals surface area contributed by atoms with E-state index >= 15 is 0 Å². The zero-order valence-electron chi connectivity index (χ0n) is 61.5. The highest BCUT2D eigenvalue weighted by Gasteiger charge is 2.54. The lowest BCUT2D eigenvalue weighted by atomic mass is 9.78. The van der Waals surface area contributed by atoms with E-state index in [9.17, 15) is 52.7 Å². The first-order valence-electron chi connectivity index (χ1n) is 35.3. The predicted octanol–water partition coefficient (Wildman–Crippen LogP) is 5.77. The number of unbranched alkanes of at least 4 members (excludes halogenated alkanes) is 1. The number of halogens is 1. The van der Waals surface area contributed by atoms with Crippen molar-refractivity contribution in [1.82, 2.24) is 35.6 Å². The molecule has 0 saturated carbocycles. The van der Waals surface area contributed by atoms with Crippen LogP contribution in [0.5, 0.6) is 23.0 Å². The highest BCUT2D eigenvalue weighted by atomic mass is 35.5. The van der Waals surface area contributed by atoms with Crippen molar-refractivity contribution in [3.63, 3.8) is 0 Å². The minimum absolute atomic E-state index is 0.000721. The molecule has 2 aliphatic carbocycles. The third kappa shape index (κ3) is 22.7. The molecule has 4 N–H and O–H groups in total. The average molecular weight is 1490 g/mol. The highest BCUT2D eigenvalue weighted by Crippen LogP contribution is 2.52. The van der Waals surface area contributed by atoms with Gasteiger partial charge in [-0.05, 0) is 82.1 Å². The Bertz CT molecular complexity index is 3600. The van der Waals surface area contributed by atoms with Crippen molar-refractivity contribution in [1.29, 1.82) is 0 Å². The lowest BCUT2D eigenvalue weighted by Crippen LogP contribution is -2.42. The van der Waals surface area contributed by atoms with Crippen molar-refractivity contribution in [2.75, 3.05) is 172 Å². The molecule has 3 aromatic rings. The number of H-pyrrole nitrogens is 1. The molecular formula is C73H101ClN8O23. The highest BCUT2D eigenvalue weighted by molar-refractivity contribution is 6.21. The molecule has 2 aromatic carbocycles. The van der Waals surface area contributed by atoms with Crippen LogP contribution in [0.4, 0.5) is 15.3 Å². The summed E-state index contributed by atoms with van der Waals surface area (Å²) in [6.45, 7) is 7.19. The van der Waals surface area contributed by atoms with E-state index in [1.807, 2.05) is 13.0 Å². The van der Waals surface area contributed by atoms with Crippen LogP contribution in [0.15, 0.2) is 42.5 Å². The summed E-state index contributed by atoms with van der Waals surface area (Å²) in [5.74, 6) is -3.35. The molecule has 0 fully saturated rings. The minimum atomic E-state index is -1.70. The molecule has 0 radical (unpaired) electrons. The van der Waals surface area contributed by atoms with Gasteiger partial charge >= 0.3 is 18.2 Å². The number of imide groups is 1. The number of allylic oxidation sites excluding steroid dienone is 1. The number of Topliss-reactive ketones (excluding diaryl/α,β-unsaturated/α-hetero) is 2. The Morgan fingerprint density at radius 2 is 1.35 bits per heavy atom. The molecule has 1 unspecified atom stereocenters. The number of ketones is 2. The van der Waals surface area contributed by atoms with Gasteiger partial charge in [0.15, 0.2) is 23.1 Å². The number of hydrogen-bond donors (Lipinski definition) is 4. The summed E-state index contributed by atoms with van der Waals surface area (Å²) < 4.78 is 66.6. The van der Waals surface area contributed by atoms with Crippen LogP contribution >= 0.6 is 11.6 Å². The van der Waals surface area contributed by atoms with Gasteiger partial charge in [-0.3, -0.25) is 48.1 Å². The summed E-state index contributed by atoms with van der Waals surface area (Å²) in [7, 11) is 10.1. The average Bonchev–Trinajstić information content (AvgIpc) is 1.56. The molecule has 1 aromatic heterocycles. The smallest absolute Gasteiger partial charge is 0.415 e. The number of aromatic nitrogens is 1. The van der Waals surface area contributed by atoms with Gasteiger partial charge in [0.2, 0.25) is 23.5 Å². The Morgan fingerprint density at radius 3 is 2.01 bits per heavy atom. The van der Waals surface area contributed by atoms with Crippen molar-refractivity contribution in [3.05, 3.63) is 64.9 Å². The number of aromatic amines is 1. The lowest BCUT2D eigenvalue weighted by Gasteiger charge is -2.31. The zero-order chi connectivity index (χ0) is 76.2. The van der Waals surface area contributed by atoms with E-state index in [0.717, 1.165) is 4.90 Å². The van der Waals surface area contributed by atoms with Crippen LogP contribution in [-0.4, -0.2) is 264 Å². The number of benzene rings is 2. The summed E-state index contributed by atoms with van der Waals surface area (Å²) in [6, 6.07) is 4.07. The number of hydrogen-bond acceptors (Lipinski definition) is 23. The topological polar surface area (TPSA) is 363 Å². The maximum absolute atomic E-state index is 14.7. The number of alkyl halides is 1. The van der Waals surface area contributed by atoms with Gasteiger partial charge in [-0.2, -0.15) is 0 Å². The van der Waals surface area contributed by atoms with Gasteiger partial charge in [0.05, 0.1) is 112 Å². The Kier molecular flexibility index (Phi) is 32.8. The number of carbonyl (C=O) groups is 11. The second-order valence-electron chi connectivity index (χ2n) is 26.3. The van der Waals surface area contributed by atoms with Crippen LogP contribution < -0.4 is 39.8 Å². The van der Waals surface area contributed by atoms with Crippen molar-refractivity contribution < 1.29 is 110 Å². The zero-order valence-corrected chi connectivity index (χ0v) is 62.3. The summed E-state index contributed by atoms with van der Waals surface area (Å²) in [5.41, 5.74) is -0.832. The van der Waals surface area contributed by atoms with Crippen LogP contribution in [0, 0.1) is 10.8 Å². The molecule has 8 amide bonds. The fourth-order valence-corrected chi connectivity index (χ4v) is 12.9. The number of methoxy groups -OCH3 is 5. The fourth-order valence-electron chi connectivity index (χ4n) is 12.6. The van der Waals surface area contributed by atoms with E-state index in [0.29, 0.717) is 138 Å². The third-order valence-electron chi connectivity index (χ3n) is 18.8. The fraction of sp³-hybridized carbons (Fsp3) is 0.603. The van der Waals surface area contributed by atoms with Gasteiger partial charge in [0.25, 0.3) is 17.7 Å². The molecule has 3 heterocycles. The maximum atomic E-state index is 14.7. The molecule has 0 spiro atoms. The number of likely N-dealkylation sites (N-methyl/N-ethyl adjacent to an activating group) is 2. The number of carbonyl (C=O) groups excluding carboxylic acids is 11. The molecule has 5 atom stereocenters. The molecule has 2 aliphatic heterocycles. The van der Waals surface area contributed by atoms with Gasteiger partial charge in [-0.25, -0.2) is 9.59 Å². The largest absolute Gasteiger partial charge is 0.493 e. The Labute approximate surface area is 616 Å². The number of nitrogens with one attached hydrogen (secondary N) is 4. The standard InChI is InChI=1S/C73H101ClN8O23/c1-72(68(90)76-25-13-11-16-51(54(83)17-14-30-99-34-33-94-5)77-58(85)22-31-100-35-37-102-39-40-103-38-36-101-32-26-75-57(84)21-27-81-59(86)18-19-60(81)87)23-12-10-15-49(20-24-72)104-70(92)79(3)28-29-80(4)71(93)105-55-43-53-61(62-50(55)44-73(2,66(62)88)69(91)98-9)48(45-74)46-82(53)67(89)52-41-47-42-56(95-6)64(96-7)65(97-8)63(47)78-52/h10,15,18-19,41-43,48-49,51,78H,11-14,16-17,20-40,44-46H2,1-9H3,(H,75,84)(H,76,90)(H,77,85)/b15-10+/t48-,49+,51?,72-,73-/m1/s1. The van der Waals surface area contributed by atoms with Gasteiger partial charge in [0, 0.05) is 145 Å². The van der Waals surface area contributed by atoms with Crippen LogP contribution in [-0.2, 0) is 77.9 Å². The molecule has 578 valence electrons. The Balaban J connectivity index is 0.826. The second kappa shape index (κ2) is 41.3. The van der Waals surface area contributed by atoms with E-state index in [-0.39, 0.29) is 142 Å². The molecule has 7 rings (SSSR count). The van der Waals surface area contributed by atoms with Gasteiger partial charge in [-0.15, -0.1) is 11.6 Å². The molecule has 32 heteroatoms. The molecule has 0 bridgehead atoms. The van der Waals surface area contributed by atoms with E-state index in [2.05, 4.69) is 20.9 Å². The van der Waals surface area contributed by atoms with Crippen molar-refractivity contribution >= 4 is 93.4 Å². The summed E-state index contributed by atoms with van der Waals surface area (Å²) in [4.78, 5) is 154. The number of amides is 8. The van der Waals surface area contributed by atoms with E-state index in [1.54, 1.807) is 25.3 Å². The number of fused-ring (bicyclic) bond motifs is 4. The van der Waals surface area contributed by atoms with Crippen LogP contribution in [0.3, 0.4) is 0 Å². The van der Waals surface area contributed by atoms with Crippen LogP contribution in [0.2, 0.25) is 0 Å². The summed E-state index contributed by atoms with van der Waals surface area (Å²) in [5, 5.41) is 9.20. The van der Waals surface area contributed by atoms with Crippen molar-refractivity contribution in [2.45, 2.75) is 109 Å². The van der Waals surface area contributed by atoms with E-state index < -0.39 is 70.6 Å². The first-order chi connectivity index (χ1) is 50.5. The van der Waals surface area contributed by atoms with Crippen molar-refractivity contribution in [2.24, 2.45) is 10.8 Å². The summed E-state index contributed by atoms with van der Waals surface area (Å²) >= 11 is 6.60. The molecule has 105 heavy (non-hydrogen) atoms. The monoisotopic (exact) mass is 1490 g/mol. The maximum Gasteiger partial charge on any atom is 0.415 e. The van der Waals surface area contributed by atoms with Crippen LogP contribution in [0.1, 0.15) is 122 Å². The number of ether oxygens (including phenoxy) is 12. The number of anilines is 1. The van der Waals surface area contributed by atoms with E-state index in [4.69, 9.17) is 68.4 Å². The van der Waals surface area contributed by atoms with Gasteiger partial charge < -0.3 is 92.5 Å². The van der Waals surface area contributed by atoms with Crippen molar-refractivity contribution in [3.8, 4) is 23.0 Å². The second-order valence-corrected chi connectivity index (χ2v) is 26.6. The quantitative estimate of drug-likeness (QED) is 0.0130. The minimum Gasteiger partial charge on any atom is -0.493 e. The number of nitrogens with zero attached hydrogens (tertiary/aromatic N) is 4. The normalized spacial score (nSPS) is 18.7. The third-order valence-corrected chi connectivity index (χ3v) is 19.1. The first-order valence-corrected chi connectivity index (χ1v) is 35.8. The Hall–Kier alpha value is -8.72. The molecule has 4 aliphatic rings. The van der Waals surface area contributed by atoms with E-state index in [1.165, 1.54) is 82.4 Å². The number of rotatable bonds is 44. The molecule has 0 saturated heterocycles. The first kappa shape index (κ1) is 83.6. The lowest BCUT2D eigenvalue weighted by molar-refractivity contribution is -0.148. The van der Waals surface area contributed by atoms with Gasteiger partial charge in [0.1, 0.15) is 23.0 Å². The summed E-state index contributed by atoms with van der Waals surface area (Å²) in [6.07, 6.45) is 7.52. The molecular weight excluding hydrogens is 1390 g/mol. The molecule has 31 nitrogen and oxygen atoms in total. The predicted molar refractivity (Wildman–Crippen MR) is 382 cm³/mol. The number of esters is 1. The van der Waals surface area contributed by atoms with Crippen LogP contribution in [0.25, 0.3) is 10.9 Å².